The van der Waals surface area contributed by atoms with Crippen LogP contribution in [0.5, 0.6) is 0 Å². The summed E-state index contributed by atoms with van der Waals surface area (Å²) in [5.41, 5.74) is 0. The maximum absolute atomic E-state index is 5.10. The highest BCUT2D eigenvalue weighted by Crippen LogP contribution is 2.23. The van der Waals surface area contributed by atoms with Gasteiger partial charge in [0.2, 0.25) is 0 Å². The van der Waals surface area contributed by atoms with E-state index in [1.165, 1.54) is 18.0 Å². The van der Waals surface area contributed by atoms with Gasteiger partial charge in [-0.15, -0.1) is 0 Å². The summed E-state index contributed by atoms with van der Waals surface area (Å²) in [5.74, 6) is 0.758. The maximum atomic E-state index is 5.10. The molecule has 0 radical (unpaired) electrons. The van der Waals surface area contributed by atoms with Gasteiger partial charge in [-0.1, -0.05) is 0 Å². The van der Waals surface area contributed by atoms with Crippen molar-refractivity contribution in [3.05, 3.63) is 24.9 Å². The van der Waals surface area contributed by atoms with Crippen LogP contribution in [-0.2, 0) is 0 Å². The molecule has 0 aliphatic heterocycles. The van der Waals surface area contributed by atoms with E-state index in [0.717, 1.165) is 17.4 Å². The molecule has 78 valence electrons. The van der Waals surface area contributed by atoms with Gasteiger partial charge in [-0.3, -0.25) is 4.98 Å². The molecule has 0 atom stereocenters. The molecule has 0 bridgehead atoms. The summed E-state index contributed by atoms with van der Waals surface area (Å²) in [7, 11) is 0. The van der Waals surface area contributed by atoms with Crippen LogP contribution in [0.1, 0.15) is 6.92 Å². The van der Waals surface area contributed by atoms with Crippen LogP contribution in [0.4, 0.5) is 5.82 Å². The third-order valence-corrected chi connectivity index (χ3v) is 2.35. The molecule has 0 aromatic carbocycles. The van der Waals surface area contributed by atoms with Crippen LogP contribution in [0.25, 0.3) is 0 Å². The fourth-order valence-corrected chi connectivity index (χ4v) is 1.67. The van der Waals surface area contributed by atoms with Crippen molar-refractivity contribution in [3.8, 4) is 0 Å². The molecule has 15 heavy (non-hydrogen) atoms. The molecule has 0 aliphatic rings. The first-order chi connectivity index (χ1) is 7.38. The van der Waals surface area contributed by atoms with Crippen molar-refractivity contribution in [1.82, 2.24) is 15.0 Å². The first-order valence-corrected chi connectivity index (χ1v) is 5.33. The van der Waals surface area contributed by atoms with E-state index in [-0.39, 0.29) is 0 Å². The Morgan fingerprint density at radius 3 is 3.13 bits per heavy atom. The first kappa shape index (κ1) is 9.97. The average Bonchev–Trinajstić information content (AvgIpc) is 2.71. The zero-order chi connectivity index (χ0) is 10.5. The minimum atomic E-state index is 0.568. The van der Waals surface area contributed by atoms with Gasteiger partial charge in [-0.2, -0.15) is 0 Å². The molecule has 0 saturated carbocycles. The Hall–Kier alpha value is -1.56. The van der Waals surface area contributed by atoms with Crippen molar-refractivity contribution in [1.29, 1.82) is 0 Å². The smallest absolute Gasteiger partial charge is 0.262 e. The lowest BCUT2D eigenvalue weighted by Crippen LogP contribution is -2.00. The van der Waals surface area contributed by atoms with E-state index in [2.05, 4.69) is 20.3 Å². The van der Waals surface area contributed by atoms with Crippen molar-refractivity contribution in [2.24, 2.45) is 0 Å². The van der Waals surface area contributed by atoms with Crippen molar-refractivity contribution in [3.63, 3.8) is 0 Å². The van der Waals surface area contributed by atoms with Gasteiger partial charge in [0.05, 0.1) is 18.6 Å². The summed E-state index contributed by atoms with van der Waals surface area (Å²) in [6.07, 6.45) is 6.49. The molecule has 2 heterocycles. The third-order valence-electron chi connectivity index (χ3n) is 1.57. The highest BCUT2D eigenvalue weighted by molar-refractivity contribution is 7.99. The summed E-state index contributed by atoms with van der Waals surface area (Å²) in [4.78, 5) is 12.4. The average molecular weight is 222 g/mol. The van der Waals surface area contributed by atoms with Gasteiger partial charge in [0.1, 0.15) is 17.1 Å². The summed E-state index contributed by atoms with van der Waals surface area (Å²) in [6.45, 7) is 2.83. The van der Waals surface area contributed by atoms with E-state index in [0.29, 0.717) is 5.22 Å². The standard InChI is InChI=1S/C9H10N4OS/c1-2-11-7-5-10-6-8(13-7)15-9-12-3-4-14-9/h3-6H,2H2,1H3,(H,11,13). The predicted octanol–water partition coefficient (Wildman–Crippen LogP) is 2.05. The van der Waals surface area contributed by atoms with Crippen molar-refractivity contribution >= 4 is 17.6 Å². The van der Waals surface area contributed by atoms with Crippen LogP contribution in [-0.4, -0.2) is 21.5 Å². The number of hydrogen-bond donors (Lipinski definition) is 1. The van der Waals surface area contributed by atoms with Crippen LogP contribution >= 0.6 is 11.8 Å². The monoisotopic (exact) mass is 222 g/mol. The van der Waals surface area contributed by atoms with Crippen molar-refractivity contribution in [2.75, 3.05) is 11.9 Å². The molecule has 2 aromatic rings. The zero-order valence-corrected chi connectivity index (χ0v) is 8.99. The highest BCUT2D eigenvalue weighted by atomic mass is 32.2. The van der Waals surface area contributed by atoms with Gasteiger partial charge < -0.3 is 9.73 Å². The number of aromatic nitrogens is 3. The molecule has 0 fully saturated rings. The van der Waals surface area contributed by atoms with E-state index in [4.69, 9.17) is 4.42 Å². The molecule has 5 nitrogen and oxygen atoms in total. The summed E-state index contributed by atoms with van der Waals surface area (Å²) in [5, 5.41) is 4.42. The van der Waals surface area contributed by atoms with E-state index in [9.17, 15) is 0 Å². The van der Waals surface area contributed by atoms with Gasteiger partial charge in [0, 0.05) is 6.54 Å². The Bertz CT molecular complexity index is 418. The quantitative estimate of drug-likeness (QED) is 0.854. The van der Waals surface area contributed by atoms with E-state index in [1.54, 1.807) is 18.6 Å². The SMILES string of the molecule is CCNc1cncc(Sc2ncco2)n1. The van der Waals surface area contributed by atoms with E-state index >= 15 is 0 Å². The minimum absolute atomic E-state index is 0.568. The lowest BCUT2D eigenvalue weighted by molar-refractivity contribution is 0.454. The van der Waals surface area contributed by atoms with Crippen LogP contribution < -0.4 is 5.32 Å². The second kappa shape index (κ2) is 4.79. The zero-order valence-electron chi connectivity index (χ0n) is 8.17. The van der Waals surface area contributed by atoms with Crippen molar-refractivity contribution < 1.29 is 4.42 Å². The Morgan fingerprint density at radius 1 is 1.47 bits per heavy atom. The first-order valence-electron chi connectivity index (χ1n) is 4.51. The fourth-order valence-electron chi connectivity index (χ4n) is 1.01. The fraction of sp³-hybridized carbons (Fsp3) is 0.222. The largest absolute Gasteiger partial charge is 0.440 e. The Kier molecular flexibility index (Phi) is 3.18. The van der Waals surface area contributed by atoms with Crippen LogP contribution in [0, 0.1) is 0 Å². The lowest BCUT2D eigenvalue weighted by atomic mass is 10.6. The molecule has 0 spiro atoms. The summed E-state index contributed by atoms with van der Waals surface area (Å²) in [6, 6.07) is 0. The minimum Gasteiger partial charge on any atom is -0.440 e. The lowest BCUT2D eigenvalue weighted by Gasteiger charge is -2.02. The topological polar surface area (TPSA) is 63.8 Å². The third kappa shape index (κ3) is 2.69. The molecule has 2 rings (SSSR count). The molecule has 0 saturated heterocycles. The van der Waals surface area contributed by atoms with Crippen LogP contribution in [0.3, 0.4) is 0 Å². The Labute approximate surface area is 91.3 Å². The molecule has 0 unspecified atom stereocenters. The molecule has 0 aliphatic carbocycles. The molecular weight excluding hydrogens is 212 g/mol. The maximum Gasteiger partial charge on any atom is 0.262 e. The van der Waals surface area contributed by atoms with Gasteiger partial charge in [-0.05, 0) is 18.7 Å². The molecule has 2 aromatic heterocycles. The van der Waals surface area contributed by atoms with E-state index in [1.807, 2.05) is 6.92 Å². The van der Waals surface area contributed by atoms with Gasteiger partial charge in [0.15, 0.2) is 0 Å². The Balaban J connectivity index is 2.11. The molecule has 0 amide bonds. The predicted molar refractivity (Wildman–Crippen MR) is 56.8 cm³/mol. The second-order valence-electron chi connectivity index (χ2n) is 2.67. The number of oxazole rings is 1. The van der Waals surface area contributed by atoms with E-state index < -0.39 is 0 Å². The number of nitrogens with zero attached hydrogens (tertiary/aromatic N) is 3. The molecular formula is C9H10N4OS. The number of rotatable bonds is 4. The van der Waals surface area contributed by atoms with Gasteiger partial charge in [0.25, 0.3) is 5.22 Å². The van der Waals surface area contributed by atoms with Gasteiger partial charge in [-0.25, -0.2) is 9.97 Å². The normalized spacial score (nSPS) is 10.2. The Morgan fingerprint density at radius 2 is 2.40 bits per heavy atom. The summed E-state index contributed by atoms with van der Waals surface area (Å²) < 4.78 is 5.10. The number of nitrogens with one attached hydrogen (secondary N) is 1. The molecule has 1 N–H and O–H groups in total. The highest BCUT2D eigenvalue weighted by Gasteiger charge is 2.03. The second-order valence-corrected chi connectivity index (χ2v) is 3.64. The van der Waals surface area contributed by atoms with Crippen LogP contribution in [0.15, 0.2) is 39.5 Å². The summed E-state index contributed by atoms with van der Waals surface area (Å²) >= 11 is 1.34. The molecule has 6 heteroatoms. The van der Waals surface area contributed by atoms with Gasteiger partial charge >= 0.3 is 0 Å². The van der Waals surface area contributed by atoms with Crippen LogP contribution in [0.2, 0.25) is 0 Å². The van der Waals surface area contributed by atoms with Crippen molar-refractivity contribution in [2.45, 2.75) is 17.2 Å². The number of anilines is 1. The number of hydrogen-bond acceptors (Lipinski definition) is 6.